The molecule has 2 aromatic carbocycles. The zero-order valence-corrected chi connectivity index (χ0v) is 24.5. The first-order chi connectivity index (χ1) is 20.8. The molecule has 0 radical (unpaired) electrons. The molecule has 43 heavy (non-hydrogen) atoms. The third kappa shape index (κ3) is 6.54. The number of fused-ring (bicyclic) bond motifs is 2. The van der Waals surface area contributed by atoms with E-state index in [1.165, 1.54) is 6.33 Å². The molecule has 13 nitrogen and oxygen atoms in total. The van der Waals surface area contributed by atoms with Gasteiger partial charge in [-0.1, -0.05) is 0 Å². The molecular formula is C29H31N9O4S. The largest absolute Gasteiger partial charge is 0.457 e. The van der Waals surface area contributed by atoms with Crippen LogP contribution in [0.25, 0.3) is 22.1 Å². The van der Waals surface area contributed by atoms with Crippen LogP contribution in [-0.4, -0.2) is 69.0 Å². The van der Waals surface area contributed by atoms with Crippen molar-refractivity contribution in [2.45, 2.75) is 32.2 Å². The summed E-state index contributed by atoms with van der Waals surface area (Å²) >= 11 is -1.97. The highest BCUT2D eigenvalue weighted by atomic mass is 32.2. The number of carbonyl (C=O) groups excluding carboxylic acids is 1. The minimum Gasteiger partial charge on any atom is -0.457 e. The SMILES string of the molecule is Cc1cc(Nc2ncnc3cnc(N4CCC(NC(=O)CCS(=O)O)CC4)nc23)ccc1Oc1ccc2c(c1)ncn2C. The first-order valence-corrected chi connectivity index (χ1v) is 15.2. The lowest BCUT2D eigenvalue weighted by molar-refractivity contribution is -0.121. The number of hydrogen-bond donors (Lipinski definition) is 3. The van der Waals surface area contributed by atoms with Crippen LogP contribution < -0.4 is 20.3 Å². The number of carbonyl (C=O) groups is 1. The monoisotopic (exact) mass is 601 g/mol. The Balaban J connectivity index is 1.13. The molecule has 222 valence electrons. The Morgan fingerprint density at radius 2 is 1.93 bits per heavy atom. The van der Waals surface area contributed by atoms with Crippen LogP contribution in [-0.2, 0) is 22.9 Å². The van der Waals surface area contributed by atoms with Crippen molar-refractivity contribution in [1.82, 2.24) is 34.8 Å². The molecule has 0 spiro atoms. The smallest absolute Gasteiger partial charge is 0.226 e. The second-order valence-electron chi connectivity index (χ2n) is 10.4. The molecule has 14 heteroatoms. The van der Waals surface area contributed by atoms with Gasteiger partial charge in [0.1, 0.15) is 28.9 Å². The van der Waals surface area contributed by atoms with Crippen LogP contribution >= 0.6 is 0 Å². The Morgan fingerprint density at radius 3 is 2.72 bits per heavy atom. The van der Waals surface area contributed by atoms with Crippen LogP contribution in [0.15, 0.2) is 55.2 Å². The molecule has 5 aromatic rings. The van der Waals surface area contributed by atoms with Crippen molar-refractivity contribution in [3.05, 3.63) is 60.8 Å². The highest BCUT2D eigenvalue weighted by molar-refractivity contribution is 7.79. The van der Waals surface area contributed by atoms with Gasteiger partial charge in [-0.05, 0) is 55.7 Å². The molecule has 0 saturated carbocycles. The third-order valence-electron chi connectivity index (χ3n) is 7.37. The zero-order valence-electron chi connectivity index (χ0n) is 23.7. The Bertz CT molecular complexity index is 1820. The number of rotatable bonds is 9. The number of piperidine rings is 1. The van der Waals surface area contributed by atoms with E-state index < -0.39 is 11.1 Å². The van der Waals surface area contributed by atoms with Crippen LogP contribution in [0.1, 0.15) is 24.8 Å². The van der Waals surface area contributed by atoms with Crippen LogP contribution in [0.5, 0.6) is 11.5 Å². The Labute approximate surface area is 250 Å². The van der Waals surface area contributed by atoms with Crippen molar-refractivity contribution >= 4 is 56.5 Å². The van der Waals surface area contributed by atoms with Crippen molar-refractivity contribution < 1.29 is 18.3 Å². The van der Waals surface area contributed by atoms with Crippen molar-refractivity contribution in [1.29, 1.82) is 0 Å². The lowest BCUT2D eigenvalue weighted by Crippen LogP contribution is -2.45. The predicted molar refractivity (Wildman–Crippen MR) is 164 cm³/mol. The van der Waals surface area contributed by atoms with Crippen molar-refractivity contribution in [3.8, 4) is 11.5 Å². The highest BCUT2D eigenvalue weighted by Crippen LogP contribution is 2.31. The maximum absolute atomic E-state index is 12.0. The summed E-state index contributed by atoms with van der Waals surface area (Å²) in [5, 5.41) is 6.32. The molecule has 1 amide bonds. The van der Waals surface area contributed by atoms with Crippen LogP contribution in [0, 0.1) is 6.92 Å². The van der Waals surface area contributed by atoms with Gasteiger partial charge in [-0.15, -0.1) is 0 Å². The van der Waals surface area contributed by atoms with Gasteiger partial charge in [-0.2, -0.15) is 0 Å². The van der Waals surface area contributed by atoms with E-state index in [1.807, 2.05) is 54.9 Å². The molecule has 1 aliphatic heterocycles. The second-order valence-corrected chi connectivity index (χ2v) is 11.5. The quantitative estimate of drug-likeness (QED) is 0.211. The standard InChI is InChI=1S/C29H31N9O4S/c1-18-13-20(3-6-25(18)42-21-4-5-24-22(14-21)33-17-37(24)2)35-28-27-23(31-16-32-28)15-30-29(36-27)38-10-7-19(8-11-38)34-26(39)9-12-43(40)41/h3-6,13-17,19H,7-12H2,1-2H3,(H,34,39)(H,40,41)(H,31,32,35). The second kappa shape index (κ2) is 12.3. The number of nitrogens with zero attached hydrogens (tertiary/aromatic N) is 7. The summed E-state index contributed by atoms with van der Waals surface area (Å²) in [6.07, 6.45) is 6.42. The fourth-order valence-corrected chi connectivity index (χ4v) is 5.44. The number of benzene rings is 2. The molecule has 0 aliphatic carbocycles. The van der Waals surface area contributed by atoms with Gasteiger partial charge in [0.05, 0.1) is 29.3 Å². The van der Waals surface area contributed by atoms with Crippen molar-refractivity contribution in [2.24, 2.45) is 7.05 Å². The summed E-state index contributed by atoms with van der Waals surface area (Å²) in [5.74, 6) is 2.31. The van der Waals surface area contributed by atoms with Crippen molar-refractivity contribution in [2.75, 3.05) is 29.1 Å². The van der Waals surface area contributed by atoms with Gasteiger partial charge in [0, 0.05) is 44.4 Å². The maximum atomic E-state index is 12.0. The number of ether oxygens (including phenoxy) is 1. The number of amides is 1. The molecule has 1 aliphatic rings. The number of nitrogens with one attached hydrogen (secondary N) is 2. The van der Waals surface area contributed by atoms with Gasteiger partial charge >= 0.3 is 0 Å². The molecule has 1 fully saturated rings. The fraction of sp³-hybridized carbons (Fsp3) is 0.310. The summed E-state index contributed by atoms with van der Waals surface area (Å²) in [5.41, 5.74) is 4.90. The summed E-state index contributed by atoms with van der Waals surface area (Å²) in [6.45, 7) is 3.30. The maximum Gasteiger partial charge on any atom is 0.226 e. The van der Waals surface area contributed by atoms with Crippen LogP contribution in [0.2, 0.25) is 0 Å². The number of aromatic nitrogens is 6. The first-order valence-electron chi connectivity index (χ1n) is 13.9. The van der Waals surface area contributed by atoms with E-state index >= 15 is 0 Å². The van der Waals surface area contributed by atoms with E-state index in [2.05, 4.69) is 35.5 Å². The summed E-state index contributed by atoms with van der Waals surface area (Å²) in [6, 6.07) is 11.7. The van der Waals surface area contributed by atoms with Gasteiger partial charge in [0.15, 0.2) is 16.9 Å². The van der Waals surface area contributed by atoms with Crippen molar-refractivity contribution in [3.63, 3.8) is 0 Å². The third-order valence-corrected chi connectivity index (χ3v) is 7.93. The molecule has 1 atom stereocenters. The van der Waals surface area contributed by atoms with Gasteiger partial charge < -0.3 is 29.4 Å². The summed E-state index contributed by atoms with van der Waals surface area (Å²) in [7, 11) is 1.96. The van der Waals surface area contributed by atoms with E-state index in [1.54, 1.807) is 12.5 Å². The molecule has 4 heterocycles. The number of imidazole rings is 1. The Morgan fingerprint density at radius 1 is 1.09 bits per heavy atom. The zero-order chi connectivity index (χ0) is 29.9. The lowest BCUT2D eigenvalue weighted by atomic mass is 10.1. The van der Waals surface area contributed by atoms with E-state index in [4.69, 9.17) is 14.3 Å². The molecular weight excluding hydrogens is 570 g/mol. The molecule has 3 aromatic heterocycles. The first kappa shape index (κ1) is 28.4. The van der Waals surface area contributed by atoms with E-state index in [-0.39, 0.29) is 24.1 Å². The number of anilines is 3. The Kier molecular flexibility index (Phi) is 8.11. The Hall–Kier alpha value is -4.69. The van der Waals surface area contributed by atoms with Gasteiger partial charge in [0.2, 0.25) is 11.9 Å². The number of hydrogen-bond acceptors (Lipinski definition) is 10. The molecule has 6 rings (SSSR count). The average Bonchev–Trinajstić information content (AvgIpc) is 3.37. The van der Waals surface area contributed by atoms with Gasteiger partial charge in [0.25, 0.3) is 0 Å². The molecule has 0 bridgehead atoms. The molecule has 1 unspecified atom stereocenters. The average molecular weight is 602 g/mol. The normalized spacial score (nSPS) is 14.6. The highest BCUT2D eigenvalue weighted by Gasteiger charge is 2.23. The summed E-state index contributed by atoms with van der Waals surface area (Å²) < 4.78 is 27.9. The fourth-order valence-electron chi connectivity index (χ4n) is 5.08. The van der Waals surface area contributed by atoms with Crippen LogP contribution in [0.3, 0.4) is 0 Å². The predicted octanol–water partition coefficient (Wildman–Crippen LogP) is 3.85. The molecule has 3 N–H and O–H groups in total. The van der Waals surface area contributed by atoms with Gasteiger partial charge in [-0.25, -0.2) is 29.1 Å². The molecule has 1 saturated heterocycles. The lowest BCUT2D eigenvalue weighted by Gasteiger charge is -2.32. The van der Waals surface area contributed by atoms with E-state index in [0.29, 0.717) is 41.6 Å². The van der Waals surface area contributed by atoms with Gasteiger partial charge in [-0.3, -0.25) is 4.79 Å². The number of aryl methyl sites for hydroxylation is 2. The summed E-state index contributed by atoms with van der Waals surface area (Å²) in [4.78, 5) is 36.6. The minimum atomic E-state index is -1.97. The minimum absolute atomic E-state index is 0.00462. The topological polar surface area (TPSA) is 160 Å². The van der Waals surface area contributed by atoms with Crippen LogP contribution in [0.4, 0.5) is 17.5 Å². The van der Waals surface area contributed by atoms with E-state index in [0.717, 1.165) is 40.9 Å². The van der Waals surface area contributed by atoms with E-state index in [9.17, 15) is 9.00 Å².